The van der Waals surface area contributed by atoms with Crippen LogP contribution in [-0.4, -0.2) is 19.0 Å². The van der Waals surface area contributed by atoms with Crippen LogP contribution in [0.3, 0.4) is 0 Å². The molecular weight excluding hydrogens is 362 g/mol. The van der Waals surface area contributed by atoms with E-state index in [-0.39, 0.29) is 5.91 Å². The minimum atomic E-state index is -0.449. The van der Waals surface area contributed by atoms with E-state index in [0.717, 1.165) is 32.1 Å². The van der Waals surface area contributed by atoms with E-state index in [9.17, 15) is 9.59 Å². The van der Waals surface area contributed by atoms with Crippen molar-refractivity contribution in [1.29, 1.82) is 0 Å². The van der Waals surface area contributed by atoms with Crippen molar-refractivity contribution in [2.75, 3.05) is 12.4 Å². The summed E-state index contributed by atoms with van der Waals surface area (Å²) in [6, 6.07) is 22.0. The van der Waals surface area contributed by atoms with Gasteiger partial charge in [0.2, 0.25) is 5.91 Å². The van der Waals surface area contributed by atoms with E-state index >= 15 is 0 Å². The second kappa shape index (κ2) is 10.4. The lowest BCUT2D eigenvalue weighted by atomic mass is 10.0. The van der Waals surface area contributed by atoms with Crippen LogP contribution in [0.5, 0.6) is 0 Å². The fourth-order valence-corrected chi connectivity index (χ4v) is 3.46. The Morgan fingerprint density at radius 1 is 0.828 bits per heavy atom. The molecular formula is C25H27NO3. The monoisotopic (exact) mass is 389 g/mol. The molecule has 0 fully saturated rings. The van der Waals surface area contributed by atoms with Crippen LogP contribution in [0.2, 0.25) is 0 Å². The van der Waals surface area contributed by atoms with Gasteiger partial charge in [0.25, 0.3) is 0 Å². The second-order valence-corrected chi connectivity index (χ2v) is 7.18. The summed E-state index contributed by atoms with van der Waals surface area (Å²) >= 11 is 0. The van der Waals surface area contributed by atoms with Crippen molar-refractivity contribution >= 4 is 28.3 Å². The van der Waals surface area contributed by atoms with E-state index in [1.54, 1.807) is 24.3 Å². The number of anilines is 1. The van der Waals surface area contributed by atoms with Gasteiger partial charge in [-0.3, -0.25) is 4.79 Å². The Hall–Kier alpha value is -3.14. The number of esters is 1. The summed E-state index contributed by atoms with van der Waals surface area (Å²) in [6.45, 7) is 0. The number of para-hydroxylation sites is 1. The second-order valence-electron chi connectivity index (χ2n) is 7.18. The number of carbonyl (C=O) groups excluding carboxylic acids is 2. The molecule has 0 unspecified atom stereocenters. The molecule has 0 aliphatic heterocycles. The number of benzene rings is 3. The topological polar surface area (TPSA) is 55.4 Å². The first kappa shape index (κ1) is 20.6. The molecule has 4 nitrogen and oxygen atoms in total. The maximum absolute atomic E-state index is 12.2. The molecule has 0 aliphatic rings. The average Bonchev–Trinajstić information content (AvgIpc) is 2.76. The van der Waals surface area contributed by atoms with Gasteiger partial charge in [0.1, 0.15) is 0 Å². The number of nitrogens with one attached hydrogen (secondary N) is 1. The van der Waals surface area contributed by atoms with Gasteiger partial charge in [0, 0.05) is 6.42 Å². The highest BCUT2D eigenvalue weighted by Crippen LogP contribution is 2.19. The van der Waals surface area contributed by atoms with Crippen LogP contribution in [-0.2, 0) is 16.0 Å². The quantitative estimate of drug-likeness (QED) is 0.374. The summed E-state index contributed by atoms with van der Waals surface area (Å²) in [6.07, 6.45) is 5.57. The smallest absolute Gasteiger partial charge is 0.339 e. The largest absolute Gasteiger partial charge is 0.465 e. The highest BCUT2D eigenvalue weighted by molar-refractivity contribution is 6.01. The molecule has 0 saturated heterocycles. The maximum atomic E-state index is 12.2. The first-order chi connectivity index (χ1) is 14.2. The third-order valence-electron chi connectivity index (χ3n) is 5.04. The molecule has 0 spiro atoms. The number of unbranched alkanes of at least 4 members (excludes halogenated alkanes) is 3. The number of rotatable bonds is 9. The fourth-order valence-electron chi connectivity index (χ4n) is 3.46. The number of methoxy groups -OCH3 is 1. The molecule has 0 aromatic heterocycles. The number of aryl methyl sites for hydroxylation is 1. The maximum Gasteiger partial charge on any atom is 0.339 e. The lowest BCUT2D eigenvalue weighted by Crippen LogP contribution is -2.14. The molecule has 1 N–H and O–H groups in total. The number of carbonyl (C=O) groups is 2. The van der Waals surface area contributed by atoms with Gasteiger partial charge in [-0.2, -0.15) is 0 Å². The zero-order chi connectivity index (χ0) is 20.5. The molecule has 0 bridgehead atoms. The van der Waals surface area contributed by atoms with Crippen LogP contribution in [0.1, 0.15) is 48.0 Å². The Bertz CT molecular complexity index is 980. The van der Waals surface area contributed by atoms with Gasteiger partial charge in [-0.25, -0.2) is 4.79 Å². The van der Waals surface area contributed by atoms with E-state index in [2.05, 4.69) is 47.8 Å². The molecule has 29 heavy (non-hydrogen) atoms. The van der Waals surface area contributed by atoms with E-state index in [1.807, 2.05) is 0 Å². The first-order valence-corrected chi connectivity index (χ1v) is 10.1. The van der Waals surface area contributed by atoms with Gasteiger partial charge in [-0.1, -0.05) is 67.4 Å². The van der Waals surface area contributed by atoms with Crippen molar-refractivity contribution < 1.29 is 14.3 Å². The van der Waals surface area contributed by atoms with Crippen LogP contribution in [0.15, 0.2) is 66.7 Å². The van der Waals surface area contributed by atoms with Crippen molar-refractivity contribution in [2.24, 2.45) is 0 Å². The number of hydrogen-bond acceptors (Lipinski definition) is 3. The van der Waals surface area contributed by atoms with E-state index in [4.69, 9.17) is 4.74 Å². The average molecular weight is 389 g/mol. The Morgan fingerprint density at radius 2 is 1.55 bits per heavy atom. The van der Waals surface area contributed by atoms with Crippen LogP contribution in [0.25, 0.3) is 10.8 Å². The van der Waals surface area contributed by atoms with Crippen molar-refractivity contribution in [3.63, 3.8) is 0 Å². The standard InChI is InChI=1S/C25H27NO3/c1-29-25(28)22-13-8-9-14-23(22)26-24(27)15-5-3-2-4-10-19-16-17-20-11-6-7-12-21(20)18-19/h6-9,11-14,16-18H,2-5,10,15H2,1H3,(H,26,27). The number of ether oxygens (including phenoxy) is 1. The predicted octanol–water partition coefficient (Wildman–Crippen LogP) is 5.76. The molecule has 4 heteroatoms. The third-order valence-corrected chi connectivity index (χ3v) is 5.04. The van der Waals surface area contributed by atoms with Gasteiger partial charge in [-0.15, -0.1) is 0 Å². The molecule has 3 aromatic rings. The number of fused-ring (bicyclic) bond motifs is 1. The highest BCUT2D eigenvalue weighted by atomic mass is 16.5. The minimum Gasteiger partial charge on any atom is -0.465 e. The predicted molar refractivity (Wildman–Crippen MR) is 117 cm³/mol. The summed E-state index contributed by atoms with van der Waals surface area (Å²) in [4.78, 5) is 24.0. The Kier molecular flexibility index (Phi) is 7.40. The Labute approximate surface area is 171 Å². The van der Waals surface area contributed by atoms with Gasteiger partial charge in [0.05, 0.1) is 18.4 Å². The van der Waals surface area contributed by atoms with Crippen molar-refractivity contribution in [3.8, 4) is 0 Å². The molecule has 0 aliphatic carbocycles. The van der Waals surface area contributed by atoms with Crippen molar-refractivity contribution in [2.45, 2.75) is 38.5 Å². The lowest BCUT2D eigenvalue weighted by molar-refractivity contribution is -0.116. The molecule has 0 radical (unpaired) electrons. The van der Waals surface area contributed by atoms with Gasteiger partial charge >= 0.3 is 5.97 Å². The molecule has 0 heterocycles. The summed E-state index contributed by atoms with van der Waals surface area (Å²) in [5.41, 5.74) is 2.24. The van der Waals surface area contributed by atoms with Crippen LogP contribution in [0.4, 0.5) is 5.69 Å². The summed E-state index contributed by atoms with van der Waals surface area (Å²) < 4.78 is 4.75. The van der Waals surface area contributed by atoms with Crippen molar-refractivity contribution in [3.05, 3.63) is 77.9 Å². The van der Waals surface area contributed by atoms with Crippen LogP contribution < -0.4 is 5.32 Å². The summed E-state index contributed by atoms with van der Waals surface area (Å²) in [5.74, 6) is -0.523. The molecule has 3 rings (SSSR count). The molecule has 0 atom stereocenters. The normalized spacial score (nSPS) is 10.7. The fraction of sp³-hybridized carbons (Fsp3) is 0.280. The minimum absolute atomic E-state index is 0.0733. The number of hydrogen-bond donors (Lipinski definition) is 1. The van der Waals surface area contributed by atoms with Gasteiger partial charge in [-0.05, 0) is 47.7 Å². The first-order valence-electron chi connectivity index (χ1n) is 10.1. The van der Waals surface area contributed by atoms with Crippen LogP contribution >= 0.6 is 0 Å². The van der Waals surface area contributed by atoms with E-state index in [1.165, 1.54) is 23.4 Å². The third kappa shape index (κ3) is 5.92. The molecule has 3 aromatic carbocycles. The summed E-state index contributed by atoms with van der Waals surface area (Å²) in [5, 5.41) is 5.38. The van der Waals surface area contributed by atoms with Gasteiger partial charge in [0.15, 0.2) is 0 Å². The van der Waals surface area contributed by atoms with E-state index < -0.39 is 5.97 Å². The lowest BCUT2D eigenvalue weighted by Gasteiger charge is -2.09. The van der Waals surface area contributed by atoms with Crippen LogP contribution in [0, 0.1) is 0 Å². The molecule has 150 valence electrons. The van der Waals surface area contributed by atoms with Gasteiger partial charge < -0.3 is 10.1 Å². The zero-order valence-corrected chi connectivity index (χ0v) is 16.8. The number of amides is 1. The van der Waals surface area contributed by atoms with Crippen molar-refractivity contribution in [1.82, 2.24) is 0 Å². The highest BCUT2D eigenvalue weighted by Gasteiger charge is 2.12. The SMILES string of the molecule is COC(=O)c1ccccc1NC(=O)CCCCCCc1ccc2ccccc2c1. The molecule has 1 amide bonds. The summed E-state index contributed by atoms with van der Waals surface area (Å²) in [7, 11) is 1.33. The Balaban J connectivity index is 1.37. The Morgan fingerprint density at radius 3 is 2.38 bits per heavy atom. The zero-order valence-electron chi connectivity index (χ0n) is 16.8. The van der Waals surface area contributed by atoms with E-state index in [0.29, 0.717) is 17.7 Å². The molecule has 0 saturated carbocycles.